The summed E-state index contributed by atoms with van der Waals surface area (Å²) in [5, 5.41) is 3.12. The number of nitrogens with one attached hydrogen (secondary N) is 1. The third-order valence-corrected chi connectivity index (χ3v) is 4.73. The van der Waals surface area contributed by atoms with Crippen LogP contribution < -0.4 is 10.1 Å². The fourth-order valence-corrected chi connectivity index (χ4v) is 3.66. The Kier molecular flexibility index (Phi) is 3.44. The van der Waals surface area contributed by atoms with E-state index in [1.54, 1.807) is 6.07 Å². The number of halogens is 4. The number of para-hydroxylation sites is 1. The Bertz CT molecular complexity index is 851. The molecule has 1 saturated heterocycles. The van der Waals surface area contributed by atoms with Gasteiger partial charge in [0.1, 0.15) is 11.4 Å². The highest BCUT2D eigenvalue weighted by Gasteiger charge is 2.49. The van der Waals surface area contributed by atoms with Crippen molar-refractivity contribution in [3.8, 4) is 11.4 Å². The van der Waals surface area contributed by atoms with E-state index in [1.807, 2.05) is 0 Å². The highest BCUT2D eigenvalue weighted by Crippen LogP contribution is 2.47. The van der Waals surface area contributed by atoms with Crippen molar-refractivity contribution in [2.24, 2.45) is 0 Å². The van der Waals surface area contributed by atoms with Crippen LogP contribution in [-0.2, 0) is 5.60 Å². The van der Waals surface area contributed by atoms with Crippen LogP contribution in [0.15, 0.2) is 30.5 Å². The zero-order valence-electron chi connectivity index (χ0n) is 13.0. The number of rotatable bonds is 1. The van der Waals surface area contributed by atoms with Crippen LogP contribution in [0.4, 0.5) is 17.6 Å². The number of piperidine rings is 1. The molecule has 2 aliphatic rings. The Morgan fingerprint density at radius 2 is 1.92 bits per heavy atom. The first-order chi connectivity index (χ1) is 11.8. The lowest BCUT2D eigenvalue weighted by atomic mass is 9.84. The molecule has 1 aromatic heterocycles. The minimum Gasteiger partial charge on any atom is -0.479 e. The summed E-state index contributed by atoms with van der Waals surface area (Å²) in [5.74, 6) is -2.30. The van der Waals surface area contributed by atoms with E-state index in [1.165, 1.54) is 22.9 Å². The van der Waals surface area contributed by atoms with Gasteiger partial charge in [-0.05, 0) is 31.3 Å². The van der Waals surface area contributed by atoms with Crippen LogP contribution in [-0.4, -0.2) is 29.6 Å². The molecule has 4 nitrogen and oxygen atoms in total. The summed E-state index contributed by atoms with van der Waals surface area (Å²) in [4.78, 5) is 11.9. The van der Waals surface area contributed by atoms with Crippen molar-refractivity contribution in [1.29, 1.82) is 0 Å². The number of fused-ring (bicyclic) bond motifs is 4. The van der Waals surface area contributed by atoms with Gasteiger partial charge in [0, 0.05) is 19.0 Å². The lowest BCUT2D eigenvalue weighted by molar-refractivity contribution is -0.0889. The van der Waals surface area contributed by atoms with Crippen LogP contribution in [0.2, 0.25) is 0 Å². The number of carbonyl (C=O) groups is 1. The van der Waals surface area contributed by atoms with Gasteiger partial charge in [-0.2, -0.15) is 13.2 Å². The van der Waals surface area contributed by atoms with Crippen molar-refractivity contribution < 1.29 is 27.1 Å². The third kappa shape index (κ3) is 2.35. The molecule has 0 radical (unpaired) electrons. The van der Waals surface area contributed by atoms with E-state index in [2.05, 4.69) is 5.32 Å². The minimum absolute atomic E-state index is 0.0304. The molecule has 0 atom stereocenters. The van der Waals surface area contributed by atoms with Crippen molar-refractivity contribution in [1.82, 2.24) is 9.88 Å². The summed E-state index contributed by atoms with van der Waals surface area (Å²) in [7, 11) is 0. The van der Waals surface area contributed by atoms with Crippen LogP contribution in [0.25, 0.3) is 5.69 Å². The second kappa shape index (κ2) is 5.32. The van der Waals surface area contributed by atoms with Crippen molar-refractivity contribution in [2.45, 2.75) is 24.6 Å². The smallest absolute Gasteiger partial charge is 0.454 e. The van der Waals surface area contributed by atoms with Gasteiger partial charge in [0.25, 0.3) is 5.78 Å². The molecule has 1 N–H and O–H groups in total. The average Bonchev–Trinajstić information content (AvgIpc) is 3.00. The van der Waals surface area contributed by atoms with Crippen molar-refractivity contribution >= 4 is 5.78 Å². The van der Waals surface area contributed by atoms with Crippen LogP contribution >= 0.6 is 0 Å². The molecule has 8 heteroatoms. The van der Waals surface area contributed by atoms with Gasteiger partial charge in [0.15, 0.2) is 11.4 Å². The van der Waals surface area contributed by atoms with Crippen LogP contribution in [0.1, 0.15) is 28.9 Å². The number of Topliss-reactive ketones (excluding diaryl/α,β-unsaturated/α-hetero) is 1. The molecular formula is C17H14F4N2O2. The van der Waals surface area contributed by atoms with Crippen LogP contribution in [0, 0.1) is 5.82 Å². The molecule has 0 aliphatic carbocycles. The van der Waals surface area contributed by atoms with Gasteiger partial charge in [0.2, 0.25) is 0 Å². The quantitative estimate of drug-likeness (QED) is 0.631. The first-order valence-corrected chi connectivity index (χ1v) is 7.85. The van der Waals surface area contributed by atoms with E-state index in [4.69, 9.17) is 4.74 Å². The van der Waals surface area contributed by atoms with E-state index < -0.39 is 28.9 Å². The molecule has 0 amide bonds. The topological polar surface area (TPSA) is 43.3 Å². The second-order valence-corrected chi connectivity index (χ2v) is 6.21. The molecule has 3 heterocycles. The van der Waals surface area contributed by atoms with Crippen LogP contribution in [0.5, 0.6) is 5.75 Å². The van der Waals surface area contributed by atoms with E-state index in [9.17, 15) is 22.4 Å². The van der Waals surface area contributed by atoms with E-state index in [0.29, 0.717) is 25.9 Å². The number of benzene rings is 1. The molecule has 4 rings (SSSR count). The van der Waals surface area contributed by atoms with Gasteiger partial charge in [-0.15, -0.1) is 0 Å². The molecule has 0 unspecified atom stereocenters. The average molecular weight is 354 g/mol. The maximum atomic E-state index is 14.3. The summed E-state index contributed by atoms with van der Waals surface area (Å²) in [6.45, 7) is 1.05. The van der Waals surface area contributed by atoms with E-state index in [0.717, 1.165) is 6.07 Å². The predicted molar refractivity (Wildman–Crippen MR) is 80.5 cm³/mol. The van der Waals surface area contributed by atoms with E-state index >= 15 is 0 Å². The highest BCUT2D eigenvalue weighted by molar-refractivity contribution is 6.02. The second-order valence-electron chi connectivity index (χ2n) is 6.21. The van der Waals surface area contributed by atoms with Gasteiger partial charge in [-0.1, -0.05) is 6.07 Å². The zero-order valence-corrected chi connectivity index (χ0v) is 13.0. The summed E-state index contributed by atoms with van der Waals surface area (Å²) in [6.07, 6.45) is -2.94. The first-order valence-electron chi connectivity index (χ1n) is 7.85. The Labute approximate surface area is 140 Å². The number of carbonyl (C=O) groups excluding carboxylic acids is 1. The molecule has 1 spiro atoms. The number of ether oxygens (including phenoxy) is 1. The van der Waals surface area contributed by atoms with Crippen molar-refractivity contribution in [2.75, 3.05) is 13.1 Å². The predicted octanol–water partition coefficient (Wildman–Crippen LogP) is 3.33. The zero-order chi connectivity index (χ0) is 17.8. The third-order valence-electron chi connectivity index (χ3n) is 4.73. The molecule has 0 saturated carbocycles. The first kappa shape index (κ1) is 16.1. The van der Waals surface area contributed by atoms with Gasteiger partial charge in [-0.3, -0.25) is 4.79 Å². The number of nitrogens with zero attached hydrogens (tertiary/aromatic N) is 1. The number of hydrogen-bond acceptors (Lipinski definition) is 3. The summed E-state index contributed by atoms with van der Waals surface area (Å²) in [5.41, 5.74) is -1.47. The Morgan fingerprint density at radius 1 is 1.20 bits per heavy atom. The monoisotopic (exact) mass is 354 g/mol. The molecular weight excluding hydrogens is 340 g/mol. The summed E-state index contributed by atoms with van der Waals surface area (Å²) in [6, 6.07) is 5.37. The molecule has 2 aromatic rings. The molecule has 1 aromatic carbocycles. The van der Waals surface area contributed by atoms with E-state index in [-0.39, 0.29) is 17.1 Å². The normalized spacial score (nSPS) is 18.4. The standard InChI is InChI=1S/C17H14F4N2O2/c18-11-2-1-3-12-13(11)23-9-4-10(15(24)17(19,20)21)14(23)16(25-12)5-7-22-8-6-16/h1-4,9,22H,5-8H2. The maximum absolute atomic E-state index is 14.3. The molecule has 0 bridgehead atoms. The lowest BCUT2D eigenvalue weighted by Gasteiger charge is -2.43. The Hall–Kier alpha value is -2.35. The fourth-order valence-electron chi connectivity index (χ4n) is 3.66. The van der Waals surface area contributed by atoms with Crippen LogP contribution in [0.3, 0.4) is 0 Å². The molecule has 1 fully saturated rings. The summed E-state index contributed by atoms with van der Waals surface area (Å²) < 4.78 is 60.8. The number of hydrogen-bond donors (Lipinski definition) is 1. The summed E-state index contributed by atoms with van der Waals surface area (Å²) >= 11 is 0. The minimum atomic E-state index is -5.01. The van der Waals surface area contributed by atoms with Crippen molar-refractivity contribution in [3.63, 3.8) is 0 Å². The SMILES string of the molecule is O=C(c1ccn2c1C1(CCNCC1)Oc1cccc(F)c1-2)C(F)(F)F. The van der Waals surface area contributed by atoms with Gasteiger partial charge in [0.05, 0.1) is 11.3 Å². The van der Waals surface area contributed by atoms with Gasteiger partial charge in [-0.25, -0.2) is 4.39 Å². The molecule has 132 valence electrons. The molecule has 25 heavy (non-hydrogen) atoms. The lowest BCUT2D eigenvalue weighted by Crippen LogP contribution is -2.48. The highest BCUT2D eigenvalue weighted by atomic mass is 19.4. The van der Waals surface area contributed by atoms with Gasteiger partial charge >= 0.3 is 6.18 Å². The Balaban J connectivity index is 1.98. The van der Waals surface area contributed by atoms with Gasteiger partial charge < -0.3 is 14.6 Å². The van der Waals surface area contributed by atoms with Crippen molar-refractivity contribution in [3.05, 3.63) is 47.5 Å². The molecule has 2 aliphatic heterocycles. The largest absolute Gasteiger partial charge is 0.479 e. The number of aromatic nitrogens is 1. The Morgan fingerprint density at radius 3 is 2.60 bits per heavy atom. The maximum Gasteiger partial charge on any atom is 0.454 e. The number of alkyl halides is 3. The fraction of sp³-hybridized carbons (Fsp3) is 0.353. The number of ketones is 1.